The standard InChI is InChI=1S/C23H37N5O8/c1-16(29)12-19-23(36-18-4-2-17(24)3-5-18)28(15-22(34)35)11-10-26(13-20(30)31)8-6-25-7-9-27(19)14-21(32)33/h2-5,16,19,23,25,29H,6-15,24H2,1H3,(H,30,31)(H,32,33)(H,34,35). The summed E-state index contributed by atoms with van der Waals surface area (Å²) in [5.41, 5.74) is 6.29. The number of aliphatic hydroxyl groups excluding tert-OH is 1. The van der Waals surface area contributed by atoms with E-state index in [0.29, 0.717) is 31.1 Å². The number of rotatable bonds is 10. The number of nitrogens with one attached hydrogen (secondary N) is 1. The molecule has 1 heterocycles. The molecule has 1 saturated heterocycles. The molecule has 2 rings (SSSR count). The highest BCUT2D eigenvalue weighted by Gasteiger charge is 2.37. The number of ether oxygens (including phenoxy) is 1. The maximum absolute atomic E-state index is 11.8. The zero-order valence-electron chi connectivity index (χ0n) is 20.5. The molecule has 36 heavy (non-hydrogen) atoms. The van der Waals surface area contributed by atoms with Gasteiger partial charge < -0.3 is 36.2 Å². The van der Waals surface area contributed by atoms with Crippen molar-refractivity contribution in [2.45, 2.75) is 31.7 Å². The fourth-order valence-electron chi connectivity index (χ4n) is 4.20. The lowest BCUT2D eigenvalue weighted by atomic mass is 10.0. The van der Waals surface area contributed by atoms with Crippen molar-refractivity contribution in [1.82, 2.24) is 20.0 Å². The second-order valence-corrected chi connectivity index (χ2v) is 8.88. The number of nitrogen functional groups attached to an aromatic ring is 1. The zero-order chi connectivity index (χ0) is 26.7. The third-order valence-electron chi connectivity index (χ3n) is 5.80. The van der Waals surface area contributed by atoms with Gasteiger partial charge in [0.25, 0.3) is 0 Å². The molecule has 0 amide bonds. The summed E-state index contributed by atoms with van der Waals surface area (Å²) in [5.74, 6) is -2.80. The summed E-state index contributed by atoms with van der Waals surface area (Å²) in [4.78, 5) is 39.8. The normalized spacial score (nSPS) is 22.2. The number of anilines is 1. The minimum absolute atomic E-state index is 0.113. The van der Waals surface area contributed by atoms with Crippen LogP contribution < -0.4 is 15.8 Å². The Balaban J connectivity index is 2.52. The van der Waals surface area contributed by atoms with Gasteiger partial charge in [-0.15, -0.1) is 0 Å². The number of aliphatic carboxylic acids is 3. The number of benzene rings is 1. The van der Waals surface area contributed by atoms with Gasteiger partial charge in [-0.2, -0.15) is 0 Å². The number of nitrogens with two attached hydrogens (primary N) is 1. The molecule has 0 radical (unpaired) electrons. The zero-order valence-corrected chi connectivity index (χ0v) is 20.5. The van der Waals surface area contributed by atoms with E-state index in [1.54, 1.807) is 45.9 Å². The van der Waals surface area contributed by atoms with E-state index in [0.717, 1.165) is 0 Å². The van der Waals surface area contributed by atoms with Gasteiger partial charge in [0.05, 0.1) is 31.8 Å². The lowest BCUT2D eigenvalue weighted by molar-refractivity contribution is -0.147. The van der Waals surface area contributed by atoms with E-state index in [1.807, 2.05) is 0 Å². The Kier molecular flexibility index (Phi) is 11.8. The quantitative estimate of drug-likeness (QED) is 0.207. The average Bonchev–Trinajstić information content (AvgIpc) is 2.77. The van der Waals surface area contributed by atoms with E-state index in [4.69, 9.17) is 10.5 Å². The van der Waals surface area contributed by atoms with E-state index in [9.17, 15) is 34.8 Å². The Hall–Kier alpha value is -2.97. The number of hydrogen-bond donors (Lipinski definition) is 6. The first-order valence-electron chi connectivity index (χ1n) is 11.8. The van der Waals surface area contributed by atoms with E-state index < -0.39 is 42.8 Å². The summed E-state index contributed by atoms with van der Waals surface area (Å²) in [7, 11) is 0. The molecule has 13 nitrogen and oxygen atoms in total. The molecule has 0 bridgehead atoms. The van der Waals surface area contributed by atoms with Gasteiger partial charge in [-0.1, -0.05) is 0 Å². The molecule has 1 aromatic rings. The third-order valence-corrected chi connectivity index (χ3v) is 5.80. The number of carboxylic acid groups (broad SMARTS) is 3. The van der Waals surface area contributed by atoms with E-state index >= 15 is 0 Å². The highest BCUT2D eigenvalue weighted by Crippen LogP contribution is 2.23. The molecule has 3 atom stereocenters. The molecule has 13 heteroatoms. The van der Waals surface area contributed by atoms with Crippen LogP contribution in [0.4, 0.5) is 5.69 Å². The van der Waals surface area contributed by atoms with Crippen molar-refractivity contribution in [3.8, 4) is 5.75 Å². The Morgan fingerprint density at radius 1 is 0.944 bits per heavy atom. The van der Waals surface area contributed by atoms with Crippen LogP contribution in [0.5, 0.6) is 5.75 Å². The van der Waals surface area contributed by atoms with Gasteiger partial charge in [-0.05, 0) is 37.6 Å². The van der Waals surface area contributed by atoms with Gasteiger partial charge in [0.1, 0.15) is 5.75 Å². The third kappa shape index (κ3) is 10.3. The van der Waals surface area contributed by atoms with Crippen LogP contribution in [0.1, 0.15) is 13.3 Å². The first-order chi connectivity index (χ1) is 17.0. The molecule has 1 aliphatic heterocycles. The maximum Gasteiger partial charge on any atom is 0.317 e. The van der Waals surface area contributed by atoms with Crippen LogP contribution in [0.3, 0.4) is 0 Å². The van der Waals surface area contributed by atoms with Crippen LogP contribution in [0.15, 0.2) is 24.3 Å². The Morgan fingerprint density at radius 2 is 1.53 bits per heavy atom. The van der Waals surface area contributed by atoms with E-state index in [1.165, 1.54) is 0 Å². The maximum atomic E-state index is 11.8. The lowest BCUT2D eigenvalue weighted by Crippen LogP contribution is -2.60. The lowest BCUT2D eigenvalue weighted by Gasteiger charge is -2.42. The molecule has 0 aliphatic carbocycles. The summed E-state index contributed by atoms with van der Waals surface area (Å²) in [5, 5.41) is 42.1. The van der Waals surface area contributed by atoms with Crippen LogP contribution in [-0.2, 0) is 14.4 Å². The molecule has 0 spiro atoms. The number of hydrogen-bond acceptors (Lipinski definition) is 10. The Morgan fingerprint density at radius 3 is 2.11 bits per heavy atom. The van der Waals surface area contributed by atoms with Gasteiger partial charge in [-0.25, -0.2) is 0 Å². The molecule has 202 valence electrons. The molecule has 0 aromatic heterocycles. The number of aliphatic hydroxyl groups is 1. The van der Waals surface area contributed by atoms with Gasteiger partial charge in [0.2, 0.25) is 0 Å². The molecular weight excluding hydrogens is 474 g/mol. The molecular formula is C23H37N5O8. The highest BCUT2D eigenvalue weighted by molar-refractivity contribution is 5.70. The van der Waals surface area contributed by atoms with Crippen LogP contribution in [0.2, 0.25) is 0 Å². The van der Waals surface area contributed by atoms with Crippen LogP contribution in [0.25, 0.3) is 0 Å². The van der Waals surface area contributed by atoms with Crippen LogP contribution in [0, 0.1) is 0 Å². The molecule has 3 unspecified atom stereocenters. The van der Waals surface area contributed by atoms with Crippen LogP contribution in [-0.4, -0.2) is 130 Å². The second-order valence-electron chi connectivity index (χ2n) is 8.88. The van der Waals surface area contributed by atoms with Crippen LogP contribution >= 0.6 is 0 Å². The summed E-state index contributed by atoms with van der Waals surface area (Å²) in [6.45, 7) is 2.52. The predicted molar refractivity (Wildman–Crippen MR) is 131 cm³/mol. The van der Waals surface area contributed by atoms with Crippen molar-refractivity contribution >= 4 is 23.6 Å². The van der Waals surface area contributed by atoms with Crippen molar-refractivity contribution < 1.29 is 39.5 Å². The average molecular weight is 512 g/mol. The summed E-state index contributed by atoms with van der Waals surface area (Å²) in [6, 6.07) is 5.81. The van der Waals surface area contributed by atoms with Gasteiger partial charge in [0, 0.05) is 45.0 Å². The fraction of sp³-hybridized carbons (Fsp3) is 0.609. The number of carboxylic acids is 3. The van der Waals surface area contributed by atoms with E-state index in [2.05, 4.69) is 5.32 Å². The predicted octanol–water partition coefficient (Wildman–Crippen LogP) is -1.12. The first kappa shape index (κ1) is 29.3. The van der Waals surface area contributed by atoms with Crippen molar-refractivity contribution in [1.29, 1.82) is 0 Å². The van der Waals surface area contributed by atoms with E-state index in [-0.39, 0.29) is 39.1 Å². The largest absolute Gasteiger partial charge is 0.480 e. The second kappa shape index (κ2) is 14.6. The van der Waals surface area contributed by atoms with Crippen molar-refractivity contribution in [3.63, 3.8) is 0 Å². The Bertz CT molecular complexity index is 853. The van der Waals surface area contributed by atoms with Gasteiger partial charge in [-0.3, -0.25) is 29.1 Å². The van der Waals surface area contributed by atoms with Crippen molar-refractivity contribution in [2.24, 2.45) is 0 Å². The topological polar surface area (TPSA) is 189 Å². The summed E-state index contributed by atoms with van der Waals surface area (Å²) in [6.07, 6.45) is -1.69. The SMILES string of the molecule is CC(O)CC1C(Oc2ccc(N)cc2)N(CC(=O)O)CCN(CC(=O)O)CCNCCN1CC(=O)O. The smallest absolute Gasteiger partial charge is 0.317 e. The summed E-state index contributed by atoms with van der Waals surface area (Å²) >= 11 is 0. The van der Waals surface area contributed by atoms with Crippen molar-refractivity contribution in [3.05, 3.63) is 24.3 Å². The highest BCUT2D eigenvalue weighted by atomic mass is 16.5. The van der Waals surface area contributed by atoms with Gasteiger partial charge >= 0.3 is 17.9 Å². The molecule has 1 aliphatic rings. The molecule has 0 saturated carbocycles. The number of nitrogens with zero attached hydrogens (tertiary/aromatic N) is 3. The monoisotopic (exact) mass is 511 g/mol. The summed E-state index contributed by atoms with van der Waals surface area (Å²) < 4.78 is 6.28. The minimum Gasteiger partial charge on any atom is -0.480 e. The Labute approximate surface area is 210 Å². The molecule has 1 aromatic carbocycles. The van der Waals surface area contributed by atoms with Crippen molar-refractivity contribution in [2.75, 3.05) is 64.6 Å². The minimum atomic E-state index is -1.12. The number of carbonyl (C=O) groups is 3. The van der Waals surface area contributed by atoms with Gasteiger partial charge in [0.15, 0.2) is 6.23 Å². The first-order valence-corrected chi connectivity index (χ1v) is 11.8. The molecule has 1 fully saturated rings. The fourth-order valence-corrected chi connectivity index (χ4v) is 4.20. The molecule has 7 N–H and O–H groups in total.